The number of nitrogens with zero attached hydrogens (tertiary/aromatic N) is 1. The number of piperidine rings is 1. The van der Waals surface area contributed by atoms with Crippen LogP contribution < -0.4 is 0 Å². The summed E-state index contributed by atoms with van der Waals surface area (Å²) in [4.78, 5) is 24.9. The SMILES string of the molecule is C=COC(=O)N1CC2CCCC(C1)C2=C(F)C(=O)OCC. The number of fused-ring (bicyclic) bond motifs is 2. The van der Waals surface area contributed by atoms with Gasteiger partial charge in [0.2, 0.25) is 5.83 Å². The molecule has 0 N–H and O–H groups in total. The maximum Gasteiger partial charge on any atom is 0.414 e. The number of halogens is 1. The van der Waals surface area contributed by atoms with Gasteiger partial charge in [-0.1, -0.05) is 13.0 Å². The van der Waals surface area contributed by atoms with Crippen molar-refractivity contribution in [1.29, 1.82) is 0 Å². The molecule has 116 valence electrons. The molecule has 2 aliphatic rings. The van der Waals surface area contributed by atoms with E-state index in [0.717, 1.165) is 25.5 Å². The van der Waals surface area contributed by atoms with Crippen molar-refractivity contribution in [3.05, 3.63) is 24.2 Å². The Morgan fingerprint density at radius 1 is 1.38 bits per heavy atom. The molecule has 1 amide bonds. The summed E-state index contributed by atoms with van der Waals surface area (Å²) in [6.45, 7) is 5.88. The monoisotopic (exact) mass is 297 g/mol. The van der Waals surface area contributed by atoms with Crippen LogP contribution in [-0.4, -0.2) is 36.7 Å². The van der Waals surface area contributed by atoms with E-state index in [0.29, 0.717) is 18.7 Å². The van der Waals surface area contributed by atoms with Crippen molar-refractivity contribution >= 4 is 12.1 Å². The van der Waals surface area contributed by atoms with Crippen molar-refractivity contribution in [2.75, 3.05) is 19.7 Å². The summed E-state index contributed by atoms with van der Waals surface area (Å²) in [5.74, 6) is -1.95. The van der Waals surface area contributed by atoms with Crippen molar-refractivity contribution in [3.8, 4) is 0 Å². The summed E-state index contributed by atoms with van der Waals surface area (Å²) in [5, 5.41) is 0. The standard InChI is InChI=1S/C15H20FNO4/c1-3-20-14(18)13(16)12-10-6-5-7-11(12)9-17(8-10)15(19)21-4-2/h4,10-11H,2-3,5-9H2,1H3. The molecule has 1 saturated carbocycles. The molecule has 0 aromatic rings. The van der Waals surface area contributed by atoms with Crippen molar-refractivity contribution < 1.29 is 23.5 Å². The molecule has 2 bridgehead atoms. The second-order valence-corrected chi connectivity index (χ2v) is 5.27. The van der Waals surface area contributed by atoms with Gasteiger partial charge in [0.25, 0.3) is 0 Å². The molecular formula is C15H20FNO4. The van der Waals surface area contributed by atoms with Crippen LogP contribution in [0.25, 0.3) is 0 Å². The minimum absolute atomic E-state index is 0.140. The molecule has 1 saturated heterocycles. The zero-order chi connectivity index (χ0) is 15.4. The number of carbonyl (C=O) groups is 2. The highest BCUT2D eigenvalue weighted by molar-refractivity contribution is 5.87. The van der Waals surface area contributed by atoms with E-state index in [1.54, 1.807) is 11.8 Å². The maximum atomic E-state index is 14.3. The zero-order valence-corrected chi connectivity index (χ0v) is 12.1. The third-order valence-corrected chi connectivity index (χ3v) is 4.02. The van der Waals surface area contributed by atoms with E-state index in [1.165, 1.54) is 0 Å². The van der Waals surface area contributed by atoms with E-state index in [9.17, 15) is 14.0 Å². The van der Waals surface area contributed by atoms with E-state index < -0.39 is 17.9 Å². The Bertz CT molecular complexity index is 458. The van der Waals surface area contributed by atoms with Gasteiger partial charge < -0.3 is 14.4 Å². The lowest BCUT2D eigenvalue weighted by Crippen LogP contribution is -2.47. The second-order valence-electron chi connectivity index (χ2n) is 5.27. The third-order valence-electron chi connectivity index (χ3n) is 4.02. The van der Waals surface area contributed by atoms with E-state index in [-0.39, 0.29) is 18.4 Å². The maximum absolute atomic E-state index is 14.3. The average Bonchev–Trinajstić information content (AvgIpc) is 2.45. The fourth-order valence-corrected chi connectivity index (χ4v) is 3.21. The number of amides is 1. The van der Waals surface area contributed by atoms with E-state index in [2.05, 4.69) is 6.58 Å². The normalized spacial score (nSPS) is 24.3. The number of ether oxygens (including phenoxy) is 2. The first-order valence-electron chi connectivity index (χ1n) is 7.21. The van der Waals surface area contributed by atoms with Crippen LogP contribution in [0, 0.1) is 11.8 Å². The quantitative estimate of drug-likeness (QED) is 0.456. The highest BCUT2D eigenvalue weighted by Crippen LogP contribution is 2.41. The molecule has 1 aliphatic carbocycles. The van der Waals surface area contributed by atoms with Crippen molar-refractivity contribution in [2.45, 2.75) is 26.2 Å². The van der Waals surface area contributed by atoms with Gasteiger partial charge in [0.15, 0.2) is 0 Å². The first-order valence-corrected chi connectivity index (χ1v) is 7.21. The molecule has 2 fully saturated rings. The van der Waals surface area contributed by atoms with Gasteiger partial charge in [-0.25, -0.2) is 9.59 Å². The fourth-order valence-electron chi connectivity index (χ4n) is 3.21. The highest BCUT2D eigenvalue weighted by Gasteiger charge is 2.40. The van der Waals surface area contributed by atoms with Crippen molar-refractivity contribution in [3.63, 3.8) is 0 Å². The van der Waals surface area contributed by atoms with E-state index >= 15 is 0 Å². The summed E-state index contributed by atoms with van der Waals surface area (Å²) in [7, 11) is 0. The van der Waals surface area contributed by atoms with Crippen LogP contribution in [0.4, 0.5) is 9.18 Å². The van der Waals surface area contributed by atoms with Gasteiger partial charge in [0.05, 0.1) is 12.9 Å². The van der Waals surface area contributed by atoms with Gasteiger partial charge in [0, 0.05) is 24.9 Å². The molecule has 0 aromatic heterocycles. The molecule has 2 unspecified atom stereocenters. The molecular weight excluding hydrogens is 277 g/mol. The Morgan fingerprint density at radius 3 is 2.52 bits per heavy atom. The Morgan fingerprint density at radius 2 is 2.00 bits per heavy atom. The number of esters is 1. The molecule has 0 radical (unpaired) electrons. The molecule has 0 spiro atoms. The molecule has 21 heavy (non-hydrogen) atoms. The number of hydrogen-bond acceptors (Lipinski definition) is 4. The predicted octanol–water partition coefficient (Wildman–Crippen LogP) is 2.79. The average molecular weight is 297 g/mol. The molecule has 5 nitrogen and oxygen atoms in total. The topological polar surface area (TPSA) is 55.8 Å². The van der Waals surface area contributed by atoms with Crippen LogP contribution in [0.5, 0.6) is 0 Å². The minimum atomic E-state index is -0.897. The number of rotatable bonds is 3. The third kappa shape index (κ3) is 3.25. The summed E-state index contributed by atoms with van der Waals surface area (Å²) in [5.41, 5.74) is 0.516. The van der Waals surface area contributed by atoms with E-state index in [4.69, 9.17) is 9.47 Å². The lowest BCUT2D eigenvalue weighted by atomic mass is 9.73. The Hall–Kier alpha value is -1.85. The van der Waals surface area contributed by atoms with Gasteiger partial charge in [-0.3, -0.25) is 0 Å². The van der Waals surface area contributed by atoms with Crippen molar-refractivity contribution in [2.24, 2.45) is 11.8 Å². The summed E-state index contributed by atoms with van der Waals surface area (Å²) in [6.07, 6.45) is 3.10. The second kappa shape index (κ2) is 6.74. The van der Waals surface area contributed by atoms with Crippen LogP contribution in [0.15, 0.2) is 24.2 Å². The van der Waals surface area contributed by atoms with Crippen LogP contribution in [0.2, 0.25) is 0 Å². The van der Waals surface area contributed by atoms with Gasteiger partial charge >= 0.3 is 12.1 Å². The largest absolute Gasteiger partial charge is 0.461 e. The first kappa shape index (κ1) is 15.5. The first-order chi connectivity index (χ1) is 10.1. The smallest absolute Gasteiger partial charge is 0.414 e. The zero-order valence-electron chi connectivity index (χ0n) is 12.1. The molecule has 2 rings (SSSR count). The molecule has 1 heterocycles. The van der Waals surface area contributed by atoms with Crippen LogP contribution >= 0.6 is 0 Å². The summed E-state index contributed by atoms with van der Waals surface area (Å²) in [6, 6.07) is 0. The van der Waals surface area contributed by atoms with Crippen LogP contribution in [0.1, 0.15) is 26.2 Å². The molecule has 6 heteroatoms. The molecule has 2 atom stereocenters. The fraction of sp³-hybridized carbons (Fsp3) is 0.600. The van der Waals surface area contributed by atoms with Crippen LogP contribution in [-0.2, 0) is 14.3 Å². The van der Waals surface area contributed by atoms with Crippen LogP contribution in [0.3, 0.4) is 0 Å². The predicted molar refractivity (Wildman–Crippen MR) is 73.8 cm³/mol. The minimum Gasteiger partial charge on any atom is -0.461 e. The summed E-state index contributed by atoms with van der Waals surface area (Å²) < 4.78 is 23.8. The number of hydrogen-bond donors (Lipinski definition) is 0. The van der Waals surface area contributed by atoms with Gasteiger partial charge in [0.1, 0.15) is 0 Å². The Balaban J connectivity index is 2.20. The lowest BCUT2D eigenvalue weighted by Gasteiger charge is -2.42. The Kier molecular flexibility index (Phi) is 4.98. The molecule has 1 aliphatic heterocycles. The van der Waals surface area contributed by atoms with Crippen molar-refractivity contribution in [1.82, 2.24) is 4.90 Å². The highest BCUT2D eigenvalue weighted by atomic mass is 19.1. The molecule has 0 aromatic carbocycles. The van der Waals surface area contributed by atoms with Gasteiger partial charge in [-0.2, -0.15) is 4.39 Å². The van der Waals surface area contributed by atoms with E-state index in [1.807, 2.05) is 0 Å². The number of likely N-dealkylation sites (tertiary alicyclic amines) is 1. The number of carbonyl (C=O) groups excluding carboxylic acids is 2. The summed E-state index contributed by atoms with van der Waals surface area (Å²) >= 11 is 0. The Labute approximate surface area is 123 Å². The van der Waals surface area contributed by atoms with Gasteiger partial charge in [-0.05, 0) is 25.3 Å². The lowest BCUT2D eigenvalue weighted by molar-refractivity contribution is -0.140. The van der Waals surface area contributed by atoms with Gasteiger partial charge in [-0.15, -0.1) is 0 Å².